The molecule has 2 heterocycles. The van der Waals surface area contributed by atoms with Crippen molar-refractivity contribution in [2.75, 3.05) is 13.1 Å². The van der Waals surface area contributed by atoms with E-state index in [0.29, 0.717) is 38.0 Å². The van der Waals surface area contributed by atoms with Crippen LogP contribution < -0.4 is 10.5 Å². The first-order valence-corrected chi connectivity index (χ1v) is 8.76. The predicted molar refractivity (Wildman–Crippen MR) is 89.9 cm³/mol. The molecular formula is C18H23N3O4. The quantitative estimate of drug-likeness (QED) is 0.886. The number of hydrogen-bond donors (Lipinski definition) is 1. The van der Waals surface area contributed by atoms with Gasteiger partial charge in [-0.05, 0) is 31.7 Å². The minimum Gasteiger partial charge on any atom is -0.488 e. The third kappa shape index (κ3) is 4.35. The lowest BCUT2D eigenvalue weighted by molar-refractivity contribution is -0.140. The number of piperidine rings is 1. The molecule has 25 heavy (non-hydrogen) atoms. The molecule has 0 aromatic carbocycles. The third-order valence-corrected chi connectivity index (χ3v) is 4.87. The molecule has 1 saturated heterocycles. The summed E-state index contributed by atoms with van der Waals surface area (Å²) in [5.41, 5.74) is 5.40. The second-order valence-corrected chi connectivity index (χ2v) is 6.72. The number of hydrogen-bond acceptors (Lipinski definition) is 5. The van der Waals surface area contributed by atoms with Crippen molar-refractivity contribution in [1.29, 1.82) is 0 Å². The van der Waals surface area contributed by atoms with Gasteiger partial charge in [-0.25, -0.2) is 0 Å². The summed E-state index contributed by atoms with van der Waals surface area (Å²) in [6, 6.07) is 3.20. The molecule has 1 aliphatic heterocycles. The highest BCUT2D eigenvalue weighted by Crippen LogP contribution is 2.26. The number of nitrogens with zero attached hydrogens (tertiary/aromatic N) is 2. The first-order valence-electron chi connectivity index (χ1n) is 8.76. The number of ketones is 1. The molecule has 134 valence electrons. The van der Waals surface area contributed by atoms with E-state index in [0.717, 1.165) is 19.4 Å². The maximum Gasteiger partial charge on any atom is 0.267 e. The molecule has 1 aromatic rings. The molecule has 1 aromatic heterocycles. The zero-order valence-corrected chi connectivity index (χ0v) is 14.1. The highest BCUT2D eigenvalue weighted by molar-refractivity contribution is 5.91. The van der Waals surface area contributed by atoms with Crippen LogP contribution in [-0.2, 0) is 9.59 Å². The van der Waals surface area contributed by atoms with Crippen molar-refractivity contribution in [2.24, 2.45) is 11.7 Å². The lowest BCUT2D eigenvalue weighted by Crippen LogP contribution is -2.47. The summed E-state index contributed by atoms with van der Waals surface area (Å²) < 4.78 is 5.94. The third-order valence-electron chi connectivity index (χ3n) is 4.87. The lowest BCUT2D eigenvalue weighted by Gasteiger charge is -2.35. The van der Waals surface area contributed by atoms with Crippen LogP contribution in [0.2, 0.25) is 0 Å². The molecule has 2 fully saturated rings. The smallest absolute Gasteiger partial charge is 0.267 e. The van der Waals surface area contributed by atoms with Crippen LogP contribution >= 0.6 is 0 Å². The minimum absolute atomic E-state index is 0.0427. The predicted octanol–water partition coefficient (Wildman–Crippen LogP) is 1.31. The minimum atomic E-state index is -0.599. The van der Waals surface area contributed by atoms with Gasteiger partial charge in [-0.15, -0.1) is 0 Å². The fraction of sp³-hybridized carbons (Fsp3) is 0.556. The van der Waals surface area contributed by atoms with Crippen LogP contribution in [0.3, 0.4) is 0 Å². The fourth-order valence-corrected chi connectivity index (χ4v) is 3.49. The Morgan fingerprint density at radius 1 is 1.24 bits per heavy atom. The molecule has 2 aliphatic rings. The molecular weight excluding hydrogens is 322 g/mol. The van der Waals surface area contributed by atoms with Crippen LogP contribution in [-0.4, -0.2) is 46.7 Å². The number of pyridine rings is 1. The molecule has 1 saturated carbocycles. The van der Waals surface area contributed by atoms with E-state index in [1.807, 2.05) is 4.90 Å². The summed E-state index contributed by atoms with van der Waals surface area (Å²) in [7, 11) is 0. The van der Waals surface area contributed by atoms with Gasteiger partial charge in [0.15, 0.2) is 0 Å². The monoisotopic (exact) mass is 345 g/mol. The van der Waals surface area contributed by atoms with Crippen molar-refractivity contribution >= 4 is 17.6 Å². The number of amides is 2. The summed E-state index contributed by atoms with van der Waals surface area (Å²) in [5, 5.41) is 0. The Hall–Kier alpha value is -2.44. The normalized spacial score (nSPS) is 21.8. The van der Waals surface area contributed by atoms with Gasteiger partial charge in [0.25, 0.3) is 5.91 Å². The Morgan fingerprint density at radius 2 is 2.00 bits per heavy atom. The topological polar surface area (TPSA) is 103 Å². The Kier molecular flexibility index (Phi) is 5.31. The van der Waals surface area contributed by atoms with Gasteiger partial charge >= 0.3 is 0 Å². The van der Waals surface area contributed by atoms with Gasteiger partial charge in [0.2, 0.25) is 5.91 Å². The maximum absolute atomic E-state index is 12.7. The molecule has 2 amide bonds. The molecule has 1 aliphatic carbocycles. The number of likely N-dealkylation sites (tertiary alicyclic amines) is 1. The molecule has 2 N–H and O–H groups in total. The summed E-state index contributed by atoms with van der Waals surface area (Å²) in [5.74, 6) is 0.281. The van der Waals surface area contributed by atoms with Crippen molar-refractivity contribution in [2.45, 2.75) is 44.6 Å². The zero-order chi connectivity index (χ0) is 17.8. The van der Waals surface area contributed by atoms with Gasteiger partial charge in [0.05, 0.1) is 6.54 Å². The van der Waals surface area contributed by atoms with Crippen LogP contribution in [0, 0.1) is 5.92 Å². The van der Waals surface area contributed by atoms with Crippen LogP contribution in [0.15, 0.2) is 18.3 Å². The Bertz CT molecular complexity index is 666. The van der Waals surface area contributed by atoms with Gasteiger partial charge < -0.3 is 15.4 Å². The molecule has 0 spiro atoms. The summed E-state index contributed by atoms with van der Waals surface area (Å²) in [6.45, 7) is 1.25. The Labute approximate surface area is 146 Å². The number of rotatable bonds is 4. The number of nitrogens with two attached hydrogens (primary N) is 1. The molecule has 1 unspecified atom stereocenters. The summed E-state index contributed by atoms with van der Waals surface area (Å²) in [4.78, 5) is 41.0. The maximum atomic E-state index is 12.7. The standard InChI is InChI=1S/C18H23N3O4/c19-17(23)16-10-14(7-8-20-16)25-15-2-1-9-21(11-15)18(24)12-3-5-13(22)6-4-12/h7-8,10,12,15H,1-6,9,11H2,(H2,19,23). The van der Waals surface area contributed by atoms with Gasteiger partial charge in [0, 0.05) is 37.6 Å². The molecule has 3 rings (SSSR count). The number of aromatic nitrogens is 1. The summed E-state index contributed by atoms with van der Waals surface area (Å²) >= 11 is 0. The van der Waals surface area contributed by atoms with Crippen molar-refractivity contribution in [3.8, 4) is 5.75 Å². The number of Topliss-reactive ketones (excluding diaryl/α,β-unsaturated/α-hetero) is 1. The Balaban J connectivity index is 1.59. The van der Waals surface area contributed by atoms with Crippen molar-refractivity contribution < 1.29 is 19.1 Å². The van der Waals surface area contributed by atoms with E-state index in [2.05, 4.69) is 4.98 Å². The largest absolute Gasteiger partial charge is 0.488 e. The average molecular weight is 345 g/mol. The van der Waals surface area contributed by atoms with E-state index in [4.69, 9.17) is 10.5 Å². The van der Waals surface area contributed by atoms with E-state index in [1.54, 1.807) is 6.07 Å². The van der Waals surface area contributed by atoms with E-state index in [9.17, 15) is 14.4 Å². The average Bonchev–Trinajstić information content (AvgIpc) is 2.62. The molecule has 1 atom stereocenters. The van der Waals surface area contributed by atoms with Gasteiger partial charge in [-0.3, -0.25) is 19.4 Å². The van der Waals surface area contributed by atoms with Crippen molar-refractivity contribution in [3.63, 3.8) is 0 Å². The van der Waals surface area contributed by atoms with E-state index >= 15 is 0 Å². The van der Waals surface area contributed by atoms with Crippen molar-refractivity contribution in [1.82, 2.24) is 9.88 Å². The summed E-state index contributed by atoms with van der Waals surface area (Å²) in [6.07, 6.45) is 5.43. The fourth-order valence-electron chi connectivity index (χ4n) is 3.49. The van der Waals surface area contributed by atoms with Gasteiger partial charge in [-0.2, -0.15) is 0 Å². The molecule has 7 heteroatoms. The lowest BCUT2D eigenvalue weighted by atomic mass is 9.87. The van der Waals surface area contributed by atoms with Crippen LogP contribution in [0.25, 0.3) is 0 Å². The number of ether oxygens (including phenoxy) is 1. The van der Waals surface area contributed by atoms with Crippen LogP contribution in [0.1, 0.15) is 49.0 Å². The van der Waals surface area contributed by atoms with Crippen LogP contribution in [0.4, 0.5) is 0 Å². The van der Waals surface area contributed by atoms with Crippen LogP contribution in [0.5, 0.6) is 5.75 Å². The van der Waals surface area contributed by atoms with E-state index in [-0.39, 0.29) is 29.4 Å². The molecule has 0 radical (unpaired) electrons. The first kappa shape index (κ1) is 17.4. The zero-order valence-electron chi connectivity index (χ0n) is 14.1. The van der Waals surface area contributed by atoms with E-state index in [1.165, 1.54) is 12.3 Å². The second kappa shape index (κ2) is 7.63. The molecule has 0 bridgehead atoms. The second-order valence-electron chi connectivity index (χ2n) is 6.72. The first-order chi connectivity index (χ1) is 12.0. The van der Waals surface area contributed by atoms with Gasteiger partial charge in [-0.1, -0.05) is 0 Å². The highest BCUT2D eigenvalue weighted by Gasteiger charge is 2.32. The SMILES string of the molecule is NC(=O)c1cc(OC2CCCN(C(=O)C3CCC(=O)CC3)C2)ccn1. The number of carbonyl (C=O) groups excluding carboxylic acids is 3. The highest BCUT2D eigenvalue weighted by atomic mass is 16.5. The van der Waals surface area contributed by atoms with Gasteiger partial charge in [0.1, 0.15) is 23.3 Å². The van der Waals surface area contributed by atoms with E-state index < -0.39 is 5.91 Å². The Morgan fingerprint density at radius 3 is 2.72 bits per heavy atom. The number of primary amides is 1. The molecule has 7 nitrogen and oxygen atoms in total. The van der Waals surface area contributed by atoms with Crippen molar-refractivity contribution in [3.05, 3.63) is 24.0 Å². The number of carbonyl (C=O) groups is 3.